The molecule has 3 rings (SSSR count). The highest BCUT2D eigenvalue weighted by atomic mass is 32.2. The van der Waals surface area contributed by atoms with Gasteiger partial charge in [-0.05, 0) is 11.1 Å². The highest BCUT2D eigenvalue weighted by Gasteiger charge is 2.26. The van der Waals surface area contributed by atoms with Gasteiger partial charge in [0.15, 0.2) is 6.04 Å². The zero-order chi connectivity index (χ0) is 18.9. The fraction of sp³-hybridized carbons (Fsp3) is 0.250. The Balaban J connectivity index is 1.38. The third-order valence-corrected chi connectivity index (χ3v) is 4.87. The number of carbonyl (C=O) groups excluding carboxylic acids is 2. The van der Waals surface area contributed by atoms with Gasteiger partial charge in [0, 0.05) is 5.75 Å². The highest BCUT2D eigenvalue weighted by molar-refractivity contribution is 8.14. The van der Waals surface area contributed by atoms with E-state index in [1.165, 1.54) is 11.8 Å². The second-order valence-electron chi connectivity index (χ2n) is 5.86. The normalized spacial score (nSPS) is 15.7. The number of esters is 1. The minimum absolute atomic E-state index is 0.209. The van der Waals surface area contributed by atoms with Crippen molar-refractivity contribution in [3.63, 3.8) is 0 Å². The number of thioether (sulfide) groups is 1. The van der Waals surface area contributed by atoms with Crippen molar-refractivity contribution in [1.29, 1.82) is 0 Å². The summed E-state index contributed by atoms with van der Waals surface area (Å²) in [5, 5.41) is 3.34. The molecule has 1 unspecified atom stereocenters. The van der Waals surface area contributed by atoms with Gasteiger partial charge in [0.1, 0.15) is 13.2 Å². The van der Waals surface area contributed by atoms with Gasteiger partial charge in [0.2, 0.25) is 0 Å². The van der Waals surface area contributed by atoms with Crippen LogP contribution in [0, 0.1) is 0 Å². The first-order chi connectivity index (χ1) is 13.2. The third-order valence-electron chi connectivity index (χ3n) is 3.80. The van der Waals surface area contributed by atoms with E-state index in [-0.39, 0.29) is 25.7 Å². The zero-order valence-corrected chi connectivity index (χ0v) is 15.5. The van der Waals surface area contributed by atoms with Gasteiger partial charge in [0.25, 0.3) is 0 Å². The van der Waals surface area contributed by atoms with Crippen LogP contribution in [0.25, 0.3) is 0 Å². The lowest BCUT2D eigenvalue weighted by molar-refractivity contribution is -0.145. The molecule has 1 heterocycles. The Hall–Kier alpha value is -2.80. The van der Waals surface area contributed by atoms with Crippen LogP contribution in [0.2, 0.25) is 0 Å². The number of aliphatic imine (C=N–C) groups is 1. The summed E-state index contributed by atoms with van der Waals surface area (Å²) in [7, 11) is 0. The minimum atomic E-state index is -0.532. The predicted molar refractivity (Wildman–Crippen MR) is 105 cm³/mol. The molecule has 0 bridgehead atoms. The Morgan fingerprint density at radius 1 is 0.963 bits per heavy atom. The molecule has 27 heavy (non-hydrogen) atoms. The fourth-order valence-corrected chi connectivity index (χ4v) is 3.32. The van der Waals surface area contributed by atoms with Crippen LogP contribution in [0.5, 0.6) is 0 Å². The number of benzene rings is 2. The number of ether oxygens (including phenoxy) is 2. The largest absolute Gasteiger partial charge is 0.459 e. The first-order valence-corrected chi connectivity index (χ1v) is 9.54. The van der Waals surface area contributed by atoms with Crippen LogP contribution in [0.1, 0.15) is 11.1 Å². The first-order valence-electron chi connectivity index (χ1n) is 8.55. The molecule has 1 aliphatic rings. The van der Waals surface area contributed by atoms with E-state index in [0.29, 0.717) is 10.8 Å². The van der Waals surface area contributed by atoms with Crippen LogP contribution < -0.4 is 5.32 Å². The highest BCUT2D eigenvalue weighted by Crippen LogP contribution is 2.19. The Morgan fingerprint density at radius 2 is 1.56 bits per heavy atom. The van der Waals surface area contributed by atoms with E-state index in [1.54, 1.807) is 0 Å². The molecule has 140 valence electrons. The van der Waals surface area contributed by atoms with Crippen LogP contribution >= 0.6 is 11.8 Å². The summed E-state index contributed by atoms with van der Waals surface area (Å²) in [4.78, 5) is 28.2. The summed E-state index contributed by atoms with van der Waals surface area (Å²) in [6.07, 6.45) is -0.516. The number of hydrogen-bond acceptors (Lipinski definition) is 6. The third kappa shape index (κ3) is 6.14. The maximum atomic E-state index is 12.1. The molecule has 0 radical (unpaired) electrons. The summed E-state index contributed by atoms with van der Waals surface area (Å²) in [5.74, 6) is 0.164. The van der Waals surface area contributed by atoms with Gasteiger partial charge in [-0.25, -0.2) is 9.59 Å². The number of amides is 1. The van der Waals surface area contributed by atoms with Gasteiger partial charge < -0.3 is 14.8 Å². The Kier molecular flexibility index (Phi) is 6.87. The van der Waals surface area contributed by atoms with E-state index in [0.717, 1.165) is 11.1 Å². The smallest absolute Gasteiger partial charge is 0.407 e. The van der Waals surface area contributed by atoms with E-state index in [9.17, 15) is 9.59 Å². The van der Waals surface area contributed by atoms with Crippen molar-refractivity contribution in [1.82, 2.24) is 5.32 Å². The molecule has 1 N–H and O–H groups in total. The lowest BCUT2D eigenvalue weighted by Gasteiger charge is -2.07. The number of rotatable bonds is 7. The monoisotopic (exact) mass is 384 g/mol. The first kappa shape index (κ1) is 19.0. The van der Waals surface area contributed by atoms with E-state index in [4.69, 9.17) is 9.47 Å². The molecule has 1 atom stereocenters. The molecular formula is C20H20N2O4S. The SMILES string of the molecule is O=C(NCC1=NC(C(=O)OCc2ccccc2)CS1)OCc1ccccc1. The number of nitrogens with zero attached hydrogens (tertiary/aromatic N) is 1. The van der Waals surface area contributed by atoms with Crippen molar-refractivity contribution in [3.8, 4) is 0 Å². The number of carbonyl (C=O) groups is 2. The van der Waals surface area contributed by atoms with E-state index in [1.807, 2.05) is 60.7 Å². The van der Waals surface area contributed by atoms with Crippen molar-refractivity contribution in [3.05, 3.63) is 71.8 Å². The van der Waals surface area contributed by atoms with Crippen LogP contribution in [0.4, 0.5) is 4.79 Å². The lowest BCUT2D eigenvalue weighted by atomic mass is 10.2. The van der Waals surface area contributed by atoms with Crippen molar-refractivity contribution < 1.29 is 19.1 Å². The molecule has 0 aromatic heterocycles. The quantitative estimate of drug-likeness (QED) is 0.742. The van der Waals surface area contributed by atoms with E-state index in [2.05, 4.69) is 10.3 Å². The zero-order valence-electron chi connectivity index (χ0n) is 14.7. The Morgan fingerprint density at radius 3 is 2.19 bits per heavy atom. The molecule has 0 spiro atoms. The van der Waals surface area contributed by atoms with E-state index < -0.39 is 12.1 Å². The van der Waals surface area contributed by atoms with Crippen molar-refractivity contribution in [2.45, 2.75) is 19.3 Å². The summed E-state index contributed by atoms with van der Waals surface area (Å²) >= 11 is 1.44. The molecule has 1 aliphatic heterocycles. The molecule has 2 aromatic carbocycles. The van der Waals surface area contributed by atoms with Crippen LogP contribution in [0.3, 0.4) is 0 Å². The summed E-state index contributed by atoms with van der Waals surface area (Å²) < 4.78 is 10.4. The van der Waals surface area contributed by atoms with E-state index >= 15 is 0 Å². The molecule has 1 amide bonds. The molecule has 7 heteroatoms. The summed E-state index contributed by atoms with van der Waals surface area (Å²) in [5.41, 5.74) is 1.85. The summed E-state index contributed by atoms with van der Waals surface area (Å²) in [6, 6.07) is 18.4. The Labute approximate surface area is 162 Å². The second-order valence-corrected chi connectivity index (χ2v) is 6.95. The van der Waals surface area contributed by atoms with Gasteiger partial charge in [-0.3, -0.25) is 4.99 Å². The number of alkyl carbamates (subject to hydrolysis) is 1. The molecule has 0 saturated carbocycles. The molecule has 0 aliphatic carbocycles. The van der Waals surface area contributed by atoms with Crippen LogP contribution in [-0.2, 0) is 27.5 Å². The average molecular weight is 384 g/mol. The van der Waals surface area contributed by atoms with Crippen molar-refractivity contribution in [2.24, 2.45) is 4.99 Å². The predicted octanol–water partition coefficient (Wildman–Crippen LogP) is 3.17. The molecule has 0 saturated heterocycles. The fourth-order valence-electron chi connectivity index (χ4n) is 2.39. The topological polar surface area (TPSA) is 77.0 Å². The molecular weight excluding hydrogens is 364 g/mol. The number of hydrogen-bond donors (Lipinski definition) is 1. The molecule has 6 nitrogen and oxygen atoms in total. The number of nitrogens with one attached hydrogen (secondary N) is 1. The molecule has 0 fully saturated rings. The van der Waals surface area contributed by atoms with Gasteiger partial charge >= 0.3 is 12.1 Å². The summed E-state index contributed by atoms with van der Waals surface area (Å²) in [6.45, 7) is 0.678. The second kappa shape index (κ2) is 9.78. The minimum Gasteiger partial charge on any atom is -0.459 e. The van der Waals surface area contributed by atoms with Crippen LogP contribution in [0.15, 0.2) is 65.7 Å². The van der Waals surface area contributed by atoms with Crippen molar-refractivity contribution >= 4 is 28.9 Å². The van der Waals surface area contributed by atoms with Crippen LogP contribution in [-0.4, -0.2) is 35.4 Å². The maximum Gasteiger partial charge on any atom is 0.407 e. The Bertz CT molecular complexity index is 796. The standard InChI is InChI=1S/C20H20N2O4S/c23-19(25-12-15-7-3-1-4-8-15)17-14-27-18(22-17)11-21-20(24)26-13-16-9-5-2-6-10-16/h1-10,17H,11-14H2,(H,21,24). The average Bonchev–Trinajstić information content (AvgIpc) is 3.20. The van der Waals surface area contributed by atoms with Gasteiger partial charge in [-0.15, -0.1) is 11.8 Å². The van der Waals surface area contributed by atoms with Gasteiger partial charge in [0.05, 0.1) is 11.6 Å². The van der Waals surface area contributed by atoms with Gasteiger partial charge in [-0.1, -0.05) is 60.7 Å². The van der Waals surface area contributed by atoms with Crippen molar-refractivity contribution in [2.75, 3.05) is 12.3 Å². The maximum absolute atomic E-state index is 12.1. The molecule has 2 aromatic rings. The lowest BCUT2D eigenvalue weighted by Crippen LogP contribution is -2.28. The van der Waals surface area contributed by atoms with Gasteiger partial charge in [-0.2, -0.15) is 0 Å².